The fraction of sp³-hybridized carbons (Fsp3) is 0.625. The molecule has 1 aromatic rings. The zero-order valence-corrected chi connectivity index (χ0v) is 12.4. The van der Waals surface area contributed by atoms with E-state index in [0.717, 1.165) is 36.8 Å². The highest BCUT2D eigenvalue weighted by atomic mass is 35.5. The van der Waals surface area contributed by atoms with Gasteiger partial charge in [0.05, 0.1) is 12.7 Å². The Morgan fingerprint density at radius 1 is 1.10 bits per heavy atom. The molecule has 1 aromatic carbocycles. The molecule has 0 radical (unpaired) electrons. The highest BCUT2D eigenvalue weighted by molar-refractivity contribution is 6.30. The summed E-state index contributed by atoms with van der Waals surface area (Å²) in [5.74, 6) is 1.60. The molecule has 3 rings (SSSR count). The van der Waals surface area contributed by atoms with Gasteiger partial charge in [-0.25, -0.2) is 0 Å². The van der Waals surface area contributed by atoms with E-state index in [4.69, 9.17) is 25.8 Å². The molecule has 20 heavy (non-hydrogen) atoms. The normalized spacial score (nSPS) is 20.1. The summed E-state index contributed by atoms with van der Waals surface area (Å²) in [5.41, 5.74) is 1.25. The van der Waals surface area contributed by atoms with Crippen molar-refractivity contribution >= 4 is 11.6 Å². The number of ether oxygens (including phenoxy) is 3. The summed E-state index contributed by atoms with van der Waals surface area (Å²) >= 11 is 6.06. The molecular weight excluding hydrogens is 276 g/mol. The van der Waals surface area contributed by atoms with E-state index in [1.165, 1.54) is 18.4 Å². The average molecular weight is 297 g/mol. The summed E-state index contributed by atoms with van der Waals surface area (Å²) in [6.07, 6.45) is 4.81. The van der Waals surface area contributed by atoms with Crippen LogP contribution in [0, 0.1) is 0 Å². The van der Waals surface area contributed by atoms with Crippen LogP contribution in [-0.2, 0) is 9.47 Å². The molecule has 0 amide bonds. The Morgan fingerprint density at radius 2 is 1.90 bits per heavy atom. The van der Waals surface area contributed by atoms with Crippen molar-refractivity contribution in [1.29, 1.82) is 0 Å². The van der Waals surface area contributed by atoms with Crippen LogP contribution < -0.4 is 4.74 Å². The molecule has 0 unspecified atom stereocenters. The molecule has 3 nitrogen and oxygen atoms in total. The molecule has 0 N–H and O–H groups in total. The van der Waals surface area contributed by atoms with Crippen LogP contribution in [0.15, 0.2) is 18.2 Å². The molecule has 1 aliphatic carbocycles. The maximum atomic E-state index is 6.06. The molecule has 0 bridgehead atoms. The maximum absolute atomic E-state index is 6.06. The van der Waals surface area contributed by atoms with Crippen LogP contribution in [0.5, 0.6) is 5.75 Å². The van der Waals surface area contributed by atoms with Gasteiger partial charge in [-0.1, -0.05) is 11.6 Å². The minimum Gasteiger partial charge on any atom is -0.491 e. The SMILES string of the molecule is Clc1ccc(OCCOC2CCOCC2)c(C2CC2)c1. The lowest BCUT2D eigenvalue weighted by Gasteiger charge is -2.22. The van der Waals surface area contributed by atoms with Gasteiger partial charge >= 0.3 is 0 Å². The molecule has 110 valence electrons. The third kappa shape index (κ3) is 3.87. The monoisotopic (exact) mass is 296 g/mol. The molecule has 1 heterocycles. The Labute approximate surface area is 125 Å². The van der Waals surface area contributed by atoms with Crippen molar-refractivity contribution in [2.45, 2.75) is 37.7 Å². The van der Waals surface area contributed by atoms with Crippen molar-refractivity contribution in [3.05, 3.63) is 28.8 Å². The molecule has 0 atom stereocenters. The van der Waals surface area contributed by atoms with E-state index in [1.807, 2.05) is 18.2 Å². The van der Waals surface area contributed by atoms with Crippen molar-refractivity contribution in [3.8, 4) is 5.75 Å². The molecule has 1 saturated heterocycles. The Hall–Kier alpha value is -0.770. The van der Waals surface area contributed by atoms with Gasteiger partial charge in [-0.3, -0.25) is 0 Å². The van der Waals surface area contributed by atoms with Crippen LogP contribution in [0.1, 0.15) is 37.2 Å². The van der Waals surface area contributed by atoms with E-state index < -0.39 is 0 Å². The number of halogens is 1. The Bertz CT molecular complexity index is 439. The van der Waals surface area contributed by atoms with Crippen molar-refractivity contribution in [3.63, 3.8) is 0 Å². The van der Waals surface area contributed by atoms with Gasteiger partial charge in [0.1, 0.15) is 12.4 Å². The quantitative estimate of drug-likeness (QED) is 0.748. The van der Waals surface area contributed by atoms with E-state index in [2.05, 4.69) is 0 Å². The molecule has 0 aromatic heterocycles. The molecular formula is C16H21ClO3. The van der Waals surface area contributed by atoms with E-state index in [1.54, 1.807) is 0 Å². The molecule has 2 aliphatic rings. The van der Waals surface area contributed by atoms with E-state index in [-0.39, 0.29) is 0 Å². The van der Waals surface area contributed by atoms with Crippen LogP contribution in [0.4, 0.5) is 0 Å². The van der Waals surface area contributed by atoms with Crippen LogP contribution in [0.3, 0.4) is 0 Å². The zero-order valence-electron chi connectivity index (χ0n) is 11.6. The van der Waals surface area contributed by atoms with E-state index in [9.17, 15) is 0 Å². The first-order valence-corrected chi connectivity index (χ1v) is 7.82. The molecule has 0 spiro atoms. The topological polar surface area (TPSA) is 27.7 Å². The van der Waals surface area contributed by atoms with Crippen LogP contribution in [0.25, 0.3) is 0 Å². The van der Waals surface area contributed by atoms with Gasteiger partial charge in [0.25, 0.3) is 0 Å². The molecule has 4 heteroatoms. The Balaban J connectivity index is 1.46. The minimum atomic E-state index is 0.334. The predicted octanol–water partition coefficient (Wildman–Crippen LogP) is 3.79. The number of rotatable bonds is 6. The third-order valence-electron chi connectivity index (χ3n) is 3.85. The van der Waals surface area contributed by atoms with Crippen LogP contribution in [-0.4, -0.2) is 32.5 Å². The summed E-state index contributed by atoms with van der Waals surface area (Å²) in [7, 11) is 0. The number of benzene rings is 1. The third-order valence-corrected chi connectivity index (χ3v) is 4.09. The standard InChI is InChI=1S/C16H21ClO3/c17-13-3-4-16(15(11-13)12-1-2-12)20-10-9-19-14-5-7-18-8-6-14/h3-4,11-12,14H,1-2,5-10H2. The maximum Gasteiger partial charge on any atom is 0.122 e. The second kappa shape index (κ2) is 6.79. The van der Waals surface area contributed by atoms with E-state index >= 15 is 0 Å². The first-order valence-electron chi connectivity index (χ1n) is 7.44. The Morgan fingerprint density at radius 3 is 2.65 bits per heavy atom. The molecule has 1 aliphatic heterocycles. The van der Waals surface area contributed by atoms with Crippen LogP contribution in [0.2, 0.25) is 5.02 Å². The van der Waals surface area contributed by atoms with Crippen molar-refractivity contribution in [1.82, 2.24) is 0 Å². The fourth-order valence-corrected chi connectivity index (χ4v) is 2.75. The summed E-state index contributed by atoms with van der Waals surface area (Å²) < 4.78 is 17.0. The number of hydrogen-bond donors (Lipinski definition) is 0. The summed E-state index contributed by atoms with van der Waals surface area (Å²) in [6.45, 7) is 2.86. The first kappa shape index (κ1) is 14.2. The second-order valence-corrected chi connectivity index (χ2v) is 5.92. The van der Waals surface area contributed by atoms with Crippen LogP contribution >= 0.6 is 11.6 Å². The molecule has 1 saturated carbocycles. The van der Waals surface area contributed by atoms with Crippen molar-refractivity contribution in [2.24, 2.45) is 0 Å². The second-order valence-electron chi connectivity index (χ2n) is 5.49. The fourth-order valence-electron chi connectivity index (χ4n) is 2.57. The lowest BCUT2D eigenvalue weighted by atomic mass is 10.1. The Kier molecular flexibility index (Phi) is 4.81. The van der Waals surface area contributed by atoms with E-state index in [0.29, 0.717) is 25.2 Å². The smallest absolute Gasteiger partial charge is 0.122 e. The van der Waals surface area contributed by atoms with Gasteiger partial charge in [0, 0.05) is 18.2 Å². The highest BCUT2D eigenvalue weighted by Crippen LogP contribution is 2.45. The van der Waals surface area contributed by atoms with Gasteiger partial charge in [-0.05, 0) is 55.4 Å². The van der Waals surface area contributed by atoms with Crippen molar-refractivity contribution < 1.29 is 14.2 Å². The lowest BCUT2D eigenvalue weighted by Crippen LogP contribution is -2.25. The number of hydrogen-bond acceptors (Lipinski definition) is 3. The molecule has 2 fully saturated rings. The zero-order chi connectivity index (χ0) is 13.8. The first-order chi connectivity index (χ1) is 9.83. The van der Waals surface area contributed by atoms with Gasteiger partial charge in [-0.15, -0.1) is 0 Å². The minimum absolute atomic E-state index is 0.334. The van der Waals surface area contributed by atoms with Gasteiger partial charge in [-0.2, -0.15) is 0 Å². The summed E-state index contributed by atoms with van der Waals surface area (Å²) in [6, 6.07) is 5.90. The average Bonchev–Trinajstić information content (AvgIpc) is 3.30. The van der Waals surface area contributed by atoms with Gasteiger partial charge in [0.2, 0.25) is 0 Å². The predicted molar refractivity (Wildman–Crippen MR) is 78.7 cm³/mol. The lowest BCUT2D eigenvalue weighted by molar-refractivity contribution is -0.0388. The summed E-state index contributed by atoms with van der Waals surface area (Å²) in [5, 5.41) is 0.790. The van der Waals surface area contributed by atoms with Crippen molar-refractivity contribution in [2.75, 3.05) is 26.4 Å². The summed E-state index contributed by atoms with van der Waals surface area (Å²) in [4.78, 5) is 0. The van der Waals surface area contributed by atoms with Gasteiger partial charge in [0.15, 0.2) is 0 Å². The van der Waals surface area contributed by atoms with Gasteiger partial charge < -0.3 is 14.2 Å². The highest BCUT2D eigenvalue weighted by Gasteiger charge is 2.27. The largest absolute Gasteiger partial charge is 0.491 e.